The van der Waals surface area contributed by atoms with Crippen molar-refractivity contribution in [3.05, 3.63) is 114 Å². The molecule has 3 fully saturated rings. The van der Waals surface area contributed by atoms with Gasteiger partial charge in [-0.15, -0.1) is 49.6 Å². The minimum absolute atomic E-state index is 0. The number of hydrogen-bond donors (Lipinski definition) is 4. The van der Waals surface area contributed by atoms with Gasteiger partial charge in [-0.3, -0.25) is 9.59 Å². The smallest absolute Gasteiger partial charge is 0.407 e. The van der Waals surface area contributed by atoms with E-state index in [1.54, 1.807) is 34.3 Å². The first kappa shape index (κ1) is 58.2. The summed E-state index contributed by atoms with van der Waals surface area (Å²) in [6.07, 6.45) is 5.16. The fourth-order valence-electron chi connectivity index (χ4n) is 9.18. The Morgan fingerprint density at radius 2 is 1.26 bits per heavy atom. The second-order valence-electron chi connectivity index (χ2n) is 17.7. The van der Waals surface area contributed by atoms with E-state index in [0.29, 0.717) is 42.4 Å². The van der Waals surface area contributed by atoms with Gasteiger partial charge < -0.3 is 49.7 Å². The highest BCUT2D eigenvalue weighted by Gasteiger charge is 2.39. The van der Waals surface area contributed by atoms with Crippen LogP contribution in [0.15, 0.2) is 85.2 Å². The molecular weight excluding hydrogens is 1000 g/mol. The molecule has 16 nitrogen and oxygen atoms in total. The van der Waals surface area contributed by atoms with Crippen LogP contribution < -0.4 is 15.5 Å². The molecule has 5 aromatic rings. The summed E-state index contributed by atoms with van der Waals surface area (Å²) in [7, 11) is 4.71. The van der Waals surface area contributed by atoms with Gasteiger partial charge in [0.25, 0.3) is 5.91 Å². The minimum atomic E-state index is -0.915. The van der Waals surface area contributed by atoms with Crippen LogP contribution in [0, 0.1) is 29.6 Å². The number of ether oxygens (including phenoxy) is 2. The van der Waals surface area contributed by atoms with Crippen molar-refractivity contribution in [1.82, 2.24) is 45.3 Å². The fraction of sp³-hybridized carbons (Fsp3) is 0.385. The zero-order valence-corrected chi connectivity index (χ0v) is 44.1. The number of anilines is 1. The number of likely N-dealkylation sites (tertiary alicyclic amines) is 2. The van der Waals surface area contributed by atoms with Crippen molar-refractivity contribution in [3.63, 3.8) is 0 Å². The van der Waals surface area contributed by atoms with E-state index in [9.17, 15) is 19.2 Å². The van der Waals surface area contributed by atoms with Crippen molar-refractivity contribution in [2.75, 3.05) is 65.4 Å². The number of alkyl carbamates (subject to hydrolysis) is 2. The molecule has 384 valence electrons. The number of imidazole rings is 2. The van der Waals surface area contributed by atoms with Gasteiger partial charge in [0.05, 0.1) is 44.4 Å². The summed E-state index contributed by atoms with van der Waals surface area (Å²) < 4.78 is 9.65. The summed E-state index contributed by atoms with van der Waals surface area (Å²) in [5, 5.41) is 5.42. The lowest BCUT2D eigenvalue weighted by Crippen LogP contribution is -2.51. The van der Waals surface area contributed by atoms with Gasteiger partial charge in [-0.2, -0.15) is 0 Å². The topological polar surface area (TPSA) is 181 Å². The van der Waals surface area contributed by atoms with Crippen LogP contribution in [-0.4, -0.2) is 125 Å². The first-order chi connectivity index (χ1) is 33.0. The third-order valence-electron chi connectivity index (χ3n) is 12.9. The van der Waals surface area contributed by atoms with Crippen molar-refractivity contribution in [1.29, 1.82) is 0 Å². The number of piperazine rings is 1. The van der Waals surface area contributed by atoms with Crippen LogP contribution in [0.1, 0.15) is 86.1 Å². The number of carbonyl (C=O) groups is 4. The number of benzene rings is 3. The largest absolute Gasteiger partial charge is 0.453 e. The normalized spacial score (nSPS) is 16.9. The Morgan fingerprint density at radius 3 is 1.90 bits per heavy atom. The van der Waals surface area contributed by atoms with E-state index in [1.165, 1.54) is 19.9 Å². The van der Waals surface area contributed by atoms with Gasteiger partial charge in [0.15, 0.2) is 0 Å². The maximum atomic E-state index is 14.0. The lowest BCUT2D eigenvalue weighted by atomic mass is 9.96. The van der Waals surface area contributed by atoms with E-state index in [0.717, 1.165) is 73.4 Å². The van der Waals surface area contributed by atoms with Gasteiger partial charge in [-0.1, -0.05) is 68.3 Å². The predicted octanol–water partition coefficient (Wildman–Crippen LogP) is 8.11. The molecule has 0 radical (unpaired) electrons. The summed E-state index contributed by atoms with van der Waals surface area (Å²) in [5.41, 5.74) is 6.81. The molecule has 3 aromatic carbocycles. The second kappa shape index (κ2) is 26.9. The Balaban J connectivity index is 0.00000281. The molecule has 3 saturated heterocycles. The van der Waals surface area contributed by atoms with E-state index in [-0.39, 0.29) is 79.4 Å². The van der Waals surface area contributed by atoms with Gasteiger partial charge in [-0.05, 0) is 97.4 Å². The van der Waals surface area contributed by atoms with Crippen molar-refractivity contribution in [2.45, 2.75) is 63.7 Å². The molecule has 4 N–H and O–H groups in total. The molecular formula is C52H62Cl4N10O6. The number of nitrogens with one attached hydrogen (secondary N) is 4. The third kappa shape index (κ3) is 13.6. The summed E-state index contributed by atoms with van der Waals surface area (Å²) in [6, 6.07) is 21.6. The van der Waals surface area contributed by atoms with Crippen LogP contribution in [-0.2, 0) is 19.1 Å². The first-order valence-electron chi connectivity index (χ1n) is 23.2. The Bertz CT molecular complexity index is 2740. The molecule has 5 heterocycles. The number of likely N-dealkylation sites (N-methyl/N-ethyl adjacent to an activating group) is 1. The molecule has 20 heteroatoms. The summed E-state index contributed by atoms with van der Waals surface area (Å²) in [4.78, 5) is 76.7. The molecule has 4 atom stereocenters. The SMILES string of the molecule is COC(=O)N[C@H](C(=O)N1CCC[C@H]1c1ncc(-c2ccc(C#CC#Cc3cnc([C@@H]4CCCN4C(=O)[C@H](NC(=O)OC)c4ccccc4)[nH]3)c(-c3ccc(N4CCN(C)CC4)cc3)c2)[nH]1)C(C)C.Cl.Cl.Cl.Cl. The average molecular weight is 1060 g/mol. The average Bonchev–Trinajstić information content (AvgIpc) is 4.22. The standard InChI is InChI=1S/C52H58N10O6.4ClH/c1-34(2)45(57-51(65)67-4)49(63)61-25-12-18-44(61)48-54-33-42(56-48)38-20-19-35(41(31-38)36-21-23-40(24-22-36)60-29-27-59(3)28-30-60)13-9-10-16-39-32-53-47(55-39)43-17-11-26-62(43)50(64)46(58-52(66)68-5)37-14-7-6-8-15-37;;;;/h6-8,14-15,19-24,31-34,43-46H,11-12,17-18,25-30H2,1-5H3,(H,53,55)(H,54,56)(H,57,65)(H,58,66);4*1H/t43-,44-,45-,46+;;;;/m0..../s1. The summed E-state index contributed by atoms with van der Waals surface area (Å²) in [6.45, 7) is 8.82. The van der Waals surface area contributed by atoms with E-state index >= 15 is 0 Å². The van der Waals surface area contributed by atoms with E-state index in [2.05, 4.69) is 96.4 Å². The number of methoxy groups -OCH3 is 2. The quantitative estimate of drug-likeness (QED) is 0.0944. The number of H-pyrrole nitrogens is 2. The number of halogens is 4. The highest BCUT2D eigenvalue weighted by molar-refractivity contribution is 5.88. The van der Waals surface area contributed by atoms with E-state index in [1.807, 2.05) is 44.2 Å². The molecule has 4 amide bonds. The number of aromatic nitrogens is 4. The molecule has 0 spiro atoms. The summed E-state index contributed by atoms with van der Waals surface area (Å²) in [5.74, 6) is 13.2. The molecule has 8 rings (SSSR count). The maximum Gasteiger partial charge on any atom is 0.407 e. The van der Waals surface area contributed by atoms with Crippen molar-refractivity contribution in [2.24, 2.45) is 5.92 Å². The molecule has 0 aliphatic carbocycles. The minimum Gasteiger partial charge on any atom is -0.453 e. The highest BCUT2D eigenvalue weighted by atomic mass is 35.5. The number of rotatable bonds is 11. The predicted molar refractivity (Wildman–Crippen MR) is 287 cm³/mol. The van der Waals surface area contributed by atoms with Crippen LogP contribution in [0.2, 0.25) is 0 Å². The van der Waals surface area contributed by atoms with Crippen LogP contribution in [0.5, 0.6) is 0 Å². The van der Waals surface area contributed by atoms with Crippen LogP contribution in [0.3, 0.4) is 0 Å². The molecule has 0 unspecified atom stereocenters. The Hall–Kier alpha value is -6.40. The van der Waals surface area contributed by atoms with Crippen molar-refractivity contribution in [3.8, 4) is 46.1 Å². The molecule has 72 heavy (non-hydrogen) atoms. The number of nitrogens with zero attached hydrogens (tertiary/aromatic N) is 6. The lowest BCUT2D eigenvalue weighted by molar-refractivity contribution is -0.135. The van der Waals surface area contributed by atoms with Crippen LogP contribution in [0.4, 0.5) is 15.3 Å². The maximum absolute atomic E-state index is 14.0. The summed E-state index contributed by atoms with van der Waals surface area (Å²) >= 11 is 0. The van der Waals surface area contributed by atoms with E-state index < -0.39 is 24.3 Å². The van der Waals surface area contributed by atoms with E-state index in [4.69, 9.17) is 14.5 Å². The monoisotopic (exact) mass is 1060 g/mol. The number of hydrogen-bond acceptors (Lipinski definition) is 10. The van der Waals surface area contributed by atoms with Crippen molar-refractivity contribution < 1.29 is 28.7 Å². The molecule has 3 aliphatic rings. The molecule has 0 bridgehead atoms. The molecule has 2 aromatic heterocycles. The molecule has 0 saturated carbocycles. The van der Waals surface area contributed by atoms with Crippen LogP contribution in [0.25, 0.3) is 22.4 Å². The van der Waals surface area contributed by atoms with Gasteiger partial charge in [0.2, 0.25) is 5.91 Å². The van der Waals surface area contributed by atoms with Gasteiger partial charge >= 0.3 is 12.2 Å². The van der Waals surface area contributed by atoms with Gasteiger partial charge in [0, 0.05) is 56.1 Å². The van der Waals surface area contributed by atoms with Crippen molar-refractivity contribution >= 4 is 79.3 Å². The number of aromatic amines is 2. The zero-order chi connectivity index (χ0) is 47.7. The van der Waals surface area contributed by atoms with Gasteiger partial charge in [0.1, 0.15) is 29.4 Å². The Labute approximate surface area is 445 Å². The number of amides is 4. The third-order valence-corrected chi connectivity index (χ3v) is 12.9. The fourth-order valence-corrected chi connectivity index (χ4v) is 9.18. The Morgan fingerprint density at radius 1 is 0.681 bits per heavy atom. The highest BCUT2D eigenvalue weighted by Crippen LogP contribution is 2.36. The second-order valence-corrected chi connectivity index (χ2v) is 17.7. The first-order valence-corrected chi connectivity index (χ1v) is 23.2. The zero-order valence-electron chi connectivity index (χ0n) is 40.8. The molecule has 3 aliphatic heterocycles. The lowest BCUT2D eigenvalue weighted by Gasteiger charge is -2.34. The Kier molecular flexibility index (Phi) is 21.7. The van der Waals surface area contributed by atoms with Crippen LogP contribution >= 0.6 is 49.6 Å². The number of carbonyl (C=O) groups excluding carboxylic acids is 4. The van der Waals surface area contributed by atoms with Gasteiger partial charge in [-0.25, -0.2) is 19.6 Å².